The van der Waals surface area contributed by atoms with Crippen LogP contribution in [0.3, 0.4) is 0 Å². The summed E-state index contributed by atoms with van der Waals surface area (Å²) < 4.78 is 5.23. The van der Waals surface area contributed by atoms with Gasteiger partial charge in [0.25, 0.3) is 0 Å². The lowest BCUT2D eigenvalue weighted by Gasteiger charge is -2.36. The topological polar surface area (TPSA) is 79.7 Å². The molecule has 1 fully saturated rings. The summed E-state index contributed by atoms with van der Waals surface area (Å²) >= 11 is 0. The zero-order valence-electron chi connectivity index (χ0n) is 9.06. The second kappa shape index (κ2) is 4.27. The highest BCUT2D eigenvalue weighted by Crippen LogP contribution is 2.20. The number of aliphatic carboxylic acids is 1. The molecule has 0 radical (unpaired) electrons. The molecule has 1 aromatic heterocycles. The standard InChI is InChI=1S/C11H16N2O3/c12-11(10(14)15)4-2-5-13(8-11)7-9-3-1-6-16-9/h1,3,6H,2,4-5,7-8,12H2,(H,14,15). The lowest BCUT2D eigenvalue weighted by Crippen LogP contribution is -2.59. The predicted molar refractivity (Wildman–Crippen MR) is 57.8 cm³/mol. The Kier molecular flexibility index (Phi) is 2.98. The zero-order chi connectivity index (χ0) is 11.6. The zero-order valence-corrected chi connectivity index (χ0v) is 9.06. The minimum Gasteiger partial charge on any atom is -0.480 e. The molecule has 1 aliphatic heterocycles. The fourth-order valence-electron chi connectivity index (χ4n) is 2.11. The minimum atomic E-state index is -1.11. The monoisotopic (exact) mass is 224 g/mol. The smallest absolute Gasteiger partial charge is 0.325 e. The van der Waals surface area contributed by atoms with Crippen molar-refractivity contribution < 1.29 is 14.3 Å². The van der Waals surface area contributed by atoms with Crippen molar-refractivity contribution >= 4 is 5.97 Å². The molecule has 0 spiro atoms. The van der Waals surface area contributed by atoms with Gasteiger partial charge in [0.05, 0.1) is 12.8 Å². The Morgan fingerprint density at radius 1 is 1.69 bits per heavy atom. The molecule has 88 valence electrons. The first-order chi connectivity index (χ1) is 7.60. The van der Waals surface area contributed by atoms with Gasteiger partial charge in [0, 0.05) is 6.54 Å². The van der Waals surface area contributed by atoms with Crippen LogP contribution in [0.1, 0.15) is 18.6 Å². The van der Waals surface area contributed by atoms with Gasteiger partial charge < -0.3 is 15.3 Å². The van der Waals surface area contributed by atoms with Gasteiger partial charge in [-0.2, -0.15) is 0 Å². The van der Waals surface area contributed by atoms with Crippen LogP contribution in [0, 0.1) is 0 Å². The van der Waals surface area contributed by atoms with Crippen LogP contribution in [0.15, 0.2) is 22.8 Å². The number of hydrogen-bond donors (Lipinski definition) is 2. The third-order valence-electron chi connectivity index (χ3n) is 2.99. The van der Waals surface area contributed by atoms with Gasteiger partial charge in [-0.3, -0.25) is 9.69 Å². The molecular formula is C11H16N2O3. The van der Waals surface area contributed by atoms with E-state index in [0.29, 0.717) is 19.5 Å². The maximum atomic E-state index is 11.0. The summed E-state index contributed by atoms with van der Waals surface area (Å²) in [7, 11) is 0. The van der Waals surface area contributed by atoms with Gasteiger partial charge in [-0.05, 0) is 31.5 Å². The van der Waals surface area contributed by atoms with Gasteiger partial charge in [0.15, 0.2) is 0 Å². The second-order valence-corrected chi connectivity index (χ2v) is 4.35. The van der Waals surface area contributed by atoms with E-state index in [-0.39, 0.29) is 0 Å². The number of nitrogens with zero attached hydrogens (tertiary/aromatic N) is 1. The second-order valence-electron chi connectivity index (χ2n) is 4.35. The number of furan rings is 1. The minimum absolute atomic E-state index is 0.378. The molecule has 0 bridgehead atoms. The van der Waals surface area contributed by atoms with E-state index in [4.69, 9.17) is 15.3 Å². The molecule has 5 heteroatoms. The lowest BCUT2D eigenvalue weighted by atomic mass is 9.90. The molecule has 0 saturated carbocycles. The van der Waals surface area contributed by atoms with Crippen molar-refractivity contribution in [2.75, 3.05) is 13.1 Å². The van der Waals surface area contributed by atoms with E-state index in [0.717, 1.165) is 18.7 Å². The van der Waals surface area contributed by atoms with E-state index in [1.54, 1.807) is 6.26 Å². The molecule has 2 heterocycles. The molecule has 16 heavy (non-hydrogen) atoms. The molecule has 3 N–H and O–H groups in total. The van der Waals surface area contributed by atoms with Gasteiger partial charge in [-0.15, -0.1) is 0 Å². The molecule has 0 amide bonds. The van der Waals surface area contributed by atoms with Crippen molar-refractivity contribution in [1.29, 1.82) is 0 Å². The quantitative estimate of drug-likeness (QED) is 0.788. The van der Waals surface area contributed by atoms with E-state index in [1.165, 1.54) is 0 Å². The summed E-state index contributed by atoms with van der Waals surface area (Å²) in [4.78, 5) is 13.1. The Morgan fingerprint density at radius 2 is 2.50 bits per heavy atom. The molecule has 2 rings (SSSR count). The summed E-state index contributed by atoms with van der Waals surface area (Å²) in [5, 5.41) is 9.07. The normalized spacial score (nSPS) is 26.8. The first-order valence-electron chi connectivity index (χ1n) is 5.37. The van der Waals surface area contributed by atoms with E-state index < -0.39 is 11.5 Å². The number of carboxylic acid groups (broad SMARTS) is 1. The fraction of sp³-hybridized carbons (Fsp3) is 0.545. The summed E-state index contributed by atoms with van der Waals surface area (Å²) in [6.45, 7) is 1.87. The maximum absolute atomic E-state index is 11.0. The molecule has 1 unspecified atom stereocenters. The SMILES string of the molecule is NC1(C(=O)O)CCCN(Cc2ccco2)C1. The Balaban J connectivity index is 1.99. The van der Waals surface area contributed by atoms with Crippen LogP contribution < -0.4 is 5.73 Å². The van der Waals surface area contributed by atoms with Gasteiger partial charge >= 0.3 is 5.97 Å². The van der Waals surface area contributed by atoms with Crippen molar-refractivity contribution in [3.8, 4) is 0 Å². The Bertz CT molecular complexity index is 363. The molecule has 1 saturated heterocycles. The number of carbonyl (C=O) groups is 1. The summed E-state index contributed by atoms with van der Waals surface area (Å²) in [6.07, 6.45) is 2.96. The van der Waals surface area contributed by atoms with E-state index >= 15 is 0 Å². The molecule has 1 atom stereocenters. The number of piperidine rings is 1. The van der Waals surface area contributed by atoms with E-state index in [1.807, 2.05) is 17.0 Å². The largest absolute Gasteiger partial charge is 0.480 e. The molecule has 0 aromatic carbocycles. The van der Waals surface area contributed by atoms with Crippen molar-refractivity contribution in [2.24, 2.45) is 5.73 Å². The highest BCUT2D eigenvalue weighted by molar-refractivity contribution is 5.78. The average Bonchev–Trinajstić information content (AvgIpc) is 2.70. The van der Waals surface area contributed by atoms with Crippen LogP contribution >= 0.6 is 0 Å². The molecular weight excluding hydrogens is 208 g/mol. The lowest BCUT2D eigenvalue weighted by molar-refractivity contribution is -0.145. The first-order valence-corrected chi connectivity index (χ1v) is 5.37. The molecule has 5 nitrogen and oxygen atoms in total. The van der Waals surface area contributed by atoms with Crippen molar-refractivity contribution in [3.05, 3.63) is 24.2 Å². The highest BCUT2D eigenvalue weighted by Gasteiger charge is 2.38. The van der Waals surface area contributed by atoms with Crippen LogP contribution in [0.2, 0.25) is 0 Å². The summed E-state index contributed by atoms with van der Waals surface area (Å²) in [5.41, 5.74) is 4.74. The van der Waals surface area contributed by atoms with Crippen LogP contribution in [-0.4, -0.2) is 34.6 Å². The van der Waals surface area contributed by atoms with Crippen LogP contribution in [0.4, 0.5) is 0 Å². The van der Waals surface area contributed by atoms with Gasteiger partial charge in [0.2, 0.25) is 0 Å². The number of rotatable bonds is 3. The van der Waals surface area contributed by atoms with E-state index in [9.17, 15) is 4.79 Å². The number of carboxylic acids is 1. The van der Waals surface area contributed by atoms with Crippen LogP contribution in [0.5, 0.6) is 0 Å². The predicted octanol–water partition coefficient (Wildman–Crippen LogP) is 0.657. The Hall–Kier alpha value is -1.33. The van der Waals surface area contributed by atoms with E-state index in [2.05, 4.69) is 0 Å². The first kappa shape index (κ1) is 11.2. The highest BCUT2D eigenvalue weighted by atomic mass is 16.4. The number of hydrogen-bond acceptors (Lipinski definition) is 4. The Morgan fingerprint density at radius 3 is 3.12 bits per heavy atom. The van der Waals surface area contributed by atoms with Gasteiger partial charge in [-0.1, -0.05) is 0 Å². The molecule has 1 aromatic rings. The van der Waals surface area contributed by atoms with Gasteiger partial charge in [0.1, 0.15) is 11.3 Å². The van der Waals surface area contributed by atoms with Crippen molar-refractivity contribution in [3.63, 3.8) is 0 Å². The third kappa shape index (κ3) is 2.25. The van der Waals surface area contributed by atoms with Crippen molar-refractivity contribution in [2.45, 2.75) is 24.9 Å². The molecule has 1 aliphatic rings. The maximum Gasteiger partial charge on any atom is 0.325 e. The summed E-state index contributed by atoms with van der Waals surface area (Å²) in [5.74, 6) is -0.0775. The number of likely N-dealkylation sites (tertiary alicyclic amines) is 1. The van der Waals surface area contributed by atoms with Crippen molar-refractivity contribution in [1.82, 2.24) is 4.90 Å². The summed E-state index contributed by atoms with van der Waals surface area (Å²) in [6, 6.07) is 3.71. The van der Waals surface area contributed by atoms with Gasteiger partial charge in [-0.25, -0.2) is 0 Å². The molecule has 0 aliphatic carbocycles. The number of nitrogens with two attached hydrogens (primary N) is 1. The van der Waals surface area contributed by atoms with Crippen LogP contribution in [0.25, 0.3) is 0 Å². The average molecular weight is 224 g/mol. The fourth-order valence-corrected chi connectivity index (χ4v) is 2.11. The Labute approximate surface area is 93.8 Å². The van der Waals surface area contributed by atoms with Crippen LogP contribution in [-0.2, 0) is 11.3 Å². The third-order valence-corrected chi connectivity index (χ3v) is 2.99.